The first-order valence-electron chi connectivity index (χ1n) is 9.83. The molecule has 0 amide bonds. The van der Waals surface area contributed by atoms with Crippen molar-refractivity contribution in [3.8, 4) is 0 Å². The number of anilines is 1. The van der Waals surface area contributed by atoms with E-state index in [2.05, 4.69) is 11.9 Å². The summed E-state index contributed by atoms with van der Waals surface area (Å²) in [4.78, 5) is 6.61. The van der Waals surface area contributed by atoms with E-state index in [4.69, 9.17) is 4.42 Å². The number of hydrogen-bond donors (Lipinski definition) is 0. The SMILES string of the molecule is CC1CCN(c2oc(C=Cc3ccccc3)nc2S(=O)(=O)c2ccccc2)CC1. The molecule has 1 fully saturated rings. The Morgan fingerprint density at radius 1 is 0.966 bits per heavy atom. The van der Waals surface area contributed by atoms with E-state index >= 15 is 0 Å². The van der Waals surface area contributed by atoms with Crippen LogP contribution in [0.4, 0.5) is 5.88 Å². The van der Waals surface area contributed by atoms with E-state index in [9.17, 15) is 8.42 Å². The van der Waals surface area contributed by atoms with Gasteiger partial charge in [-0.2, -0.15) is 4.98 Å². The summed E-state index contributed by atoms with van der Waals surface area (Å²) in [7, 11) is -3.78. The van der Waals surface area contributed by atoms with Crippen LogP contribution < -0.4 is 4.90 Å². The van der Waals surface area contributed by atoms with Crippen molar-refractivity contribution in [2.24, 2.45) is 5.92 Å². The molecule has 5 nitrogen and oxygen atoms in total. The second-order valence-electron chi connectivity index (χ2n) is 7.39. The van der Waals surface area contributed by atoms with Crippen molar-refractivity contribution in [3.05, 3.63) is 72.1 Å². The van der Waals surface area contributed by atoms with Gasteiger partial charge in [0.2, 0.25) is 26.6 Å². The average Bonchev–Trinajstić information content (AvgIpc) is 3.19. The summed E-state index contributed by atoms with van der Waals surface area (Å²) < 4.78 is 32.5. The molecule has 0 radical (unpaired) electrons. The Labute approximate surface area is 171 Å². The lowest BCUT2D eigenvalue weighted by molar-refractivity contribution is 0.413. The third-order valence-electron chi connectivity index (χ3n) is 5.19. The topological polar surface area (TPSA) is 63.4 Å². The average molecular weight is 409 g/mol. The van der Waals surface area contributed by atoms with Gasteiger partial charge in [0, 0.05) is 19.2 Å². The molecule has 4 rings (SSSR count). The van der Waals surface area contributed by atoms with Crippen LogP contribution in [0, 0.1) is 5.92 Å². The fraction of sp³-hybridized carbons (Fsp3) is 0.261. The van der Waals surface area contributed by atoms with Crippen LogP contribution in [0.2, 0.25) is 0 Å². The van der Waals surface area contributed by atoms with E-state index in [1.807, 2.05) is 41.3 Å². The molecule has 3 aromatic rings. The van der Waals surface area contributed by atoms with E-state index in [1.165, 1.54) is 0 Å². The van der Waals surface area contributed by atoms with Crippen LogP contribution in [0.1, 0.15) is 31.2 Å². The van der Waals surface area contributed by atoms with Crippen molar-refractivity contribution >= 4 is 27.9 Å². The molecule has 150 valence electrons. The number of sulfone groups is 1. The van der Waals surface area contributed by atoms with Crippen LogP contribution in [-0.4, -0.2) is 26.5 Å². The van der Waals surface area contributed by atoms with Crippen LogP contribution in [-0.2, 0) is 9.84 Å². The smallest absolute Gasteiger partial charge is 0.236 e. The van der Waals surface area contributed by atoms with Crippen molar-refractivity contribution in [1.29, 1.82) is 0 Å². The maximum Gasteiger partial charge on any atom is 0.236 e. The Balaban J connectivity index is 1.74. The molecule has 1 aliphatic rings. The Kier molecular flexibility index (Phi) is 5.53. The summed E-state index contributed by atoms with van der Waals surface area (Å²) in [5.41, 5.74) is 0.992. The number of benzene rings is 2. The highest BCUT2D eigenvalue weighted by Gasteiger charge is 2.31. The van der Waals surface area contributed by atoms with E-state index < -0.39 is 9.84 Å². The Morgan fingerprint density at radius 3 is 2.24 bits per heavy atom. The quantitative estimate of drug-likeness (QED) is 0.600. The van der Waals surface area contributed by atoms with Gasteiger partial charge in [0.25, 0.3) is 0 Å². The van der Waals surface area contributed by atoms with Crippen molar-refractivity contribution < 1.29 is 12.8 Å². The fourth-order valence-electron chi connectivity index (χ4n) is 3.41. The van der Waals surface area contributed by atoms with E-state index in [0.717, 1.165) is 31.5 Å². The molecule has 2 heterocycles. The molecule has 0 N–H and O–H groups in total. The summed E-state index contributed by atoms with van der Waals surface area (Å²) in [5, 5.41) is -0.00837. The Hall–Kier alpha value is -2.86. The van der Waals surface area contributed by atoms with Gasteiger partial charge in [0.15, 0.2) is 0 Å². The largest absolute Gasteiger partial charge is 0.420 e. The Bertz CT molecular complexity index is 1080. The monoisotopic (exact) mass is 408 g/mol. The highest BCUT2D eigenvalue weighted by molar-refractivity contribution is 7.91. The second-order valence-corrected chi connectivity index (χ2v) is 9.26. The minimum absolute atomic E-state index is 0.00837. The van der Waals surface area contributed by atoms with Crippen LogP contribution in [0.25, 0.3) is 12.2 Å². The summed E-state index contributed by atoms with van der Waals surface area (Å²) in [6, 6.07) is 18.2. The first-order chi connectivity index (χ1) is 14.0. The van der Waals surface area contributed by atoms with Gasteiger partial charge < -0.3 is 9.32 Å². The van der Waals surface area contributed by atoms with Gasteiger partial charge in [-0.1, -0.05) is 55.5 Å². The molecular formula is C23H24N2O3S. The van der Waals surface area contributed by atoms with Gasteiger partial charge in [0.1, 0.15) is 0 Å². The summed E-state index contributed by atoms with van der Waals surface area (Å²) >= 11 is 0. The molecule has 2 aromatic carbocycles. The van der Waals surface area contributed by atoms with Crippen LogP contribution in [0.3, 0.4) is 0 Å². The third kappa shape index (κ3) is 4.27. The predicted octanol–water partition coefficient (Wildman–Crippen LogP) is 4.91. The first kappa shape index (κ1) is 19.5. The minimum Gasteiger partial charge on any atom is -0.420 e. The van der Waals surface area contributed by atoms with Gasteiger partial charge >= 0.3 is 0 Å². The van der Waals surface area contributed by atoms with E-state index in [0.29, 0.717) is 11.8 Å². The van der Waals surface area contributed by atoms with Crippen molar-refractivity contribution in [3.63, 3.8) is 0 Å². The van der Waals surface area contributed by atoms with Gasteiger partial charge in [-0.05, 0) is 42.5 Å². The molecule has 0 atom stereocenters. The first-order valence-corrected chi connectivity index (χ1v) is 11.3. The van der Waals surface area contributed by atoms with Crippen LogP contribution in [0.15, 0.2) is 75.0 Å². The molecule has 0 saturated carbocycles. The van der Waals surface area contributed by atoms with Crippen LogP contribution in [0.5, 0.6) is 0 Å². The maximum absolute atomic E-state index is 13.3. The van der Waals surface area contributed by atoms with Gasteiger partial charge in [0.05, 0.1) is 4.90 Å². The summed E-state index contributed by atoms with van der Waals surface area (Å²) in [6.45, 7) is 3.73. The van der Waals surface area contributed by atoms with E-state index in [-0.39, 0.29) is 15.8 Å². The molecule has 1 aromatic heterocycles. The molecule has 29 heavy (non-hydrogen) atoms. The summed E-state index contributed by atoms with van der Waals surface area (Å²) in [6.07, 6.45) is 5.59. The lowest BCUT2D eigenvalue weighted by Crippen LogP contribution is -2.33. The van der Waals surface area contributed by atoms with Gasteiger partial charge in [-0.25, -0.2) is 8.42 Å². The lowest BCUT2D eigenvalue weighted by atomic mass is 9.99. The molecule has 6 heteroatoms. The molecular weight excluding hydrogens is 384 g/mol. The van der Waals surface area contributed by atoms with Gasteiger partial charge in [-0.15, -0.1) is 0 Å². The predicted molar refractivity (Wildman–Crippen MR) is 114 cm³/mol. The fourth-order valence-corrected chi connectivity index (χ4v) is 4.76. The number of hydrogen-bond acceptors (Lipinski definition) is 5. The molecule has 1 saturated heterocycles. The minimum atomic E-state index is -3.78. The molecule has 0 aliphatic carbocycles. The normalized spacial score (nSPS) is 15.8. The summed E-state index contributed by atoms with van der Waals surface area (Å²) in [5.74, 6) is 1.26. The molecule has 0 unspecified atom stereocenters. The standard InChI is InChI=1S/C23H24N2O3S/c1-18-14-16-25(17-15-18)23-22(29(26,27)20-10-6-3-7-11-20)24-21(28-23)13-12-19-8-4-2-5-9-19/h2-13,18H,14-17H2,1H3. The third-order valence-corrected chi connectivity index (χ3v) is 6.86. The zero-order chi connectivity index (χ0) is 20.3. The lowest BCUT2D eigenvalue weighted by Gasteiger charge is -2.30. The van der Waals surface area contributed by atoms with E-state index in [1.54, 1.807) is 36.4 Å². The zero-order valence-electron chi connectivity index (χ0n) is 16.4. The highest BCUT2D eigenvalue weighted by Crippen LogP contribution is 2.33. The molecule has 0 spiro atoms. The van der Waals surface area contributed by atoms with Crippen molar-refractivity contribution in [1.82, 2.24) is 4.98 Å². The number of oxazole rings is 1. The highest BCUT2D eigenvalue weighted by atomic mass is 32.2. The number of rotatable bonds is 5. The van der Waals surface area contributed by atoms with Crippen LogP contribution >= 0.6 is 0 Å². The molecule has 1 aliphatic heterocycles. The second kappa shape index (κ2) is 8.25. The van der Waals surface area contributed by atoms with Crippen molar-refractivity contribution in [2.45, 2.75) is 29.7 Å². The van der Waals surface area contributed by atoms with Crippen molar-refractivity contribution in [2.75, 3.05) is 18.0 Å². The zero-order valence-corrected chi connectivity index (χ0v) is 17.2. The number of piperidine rings is 1. The Morgan fingerprint density at radius 2 is 1.59 bits per heavy atom. The number of nitrogens with zero attached hydrogens (tertiary/aromatic N) is 2. The number of aromatic nitrogens is 1. The van der Waals surface area contributed by atoms with Gasteiger partial charge in [-0.3, -0.25) is 0 Å². The maximum atomic E-state index is 13.3. The molecule has 0 bridgehead atoms.